The minimum atomic E-state index is -3.25. The van der Waals surface area contributed by atoms with Crippen molar-refractivity contribution >= 4 is 27.1 Å². The summed E-state index contributed by atoms with van der Waals surface area (Å²) in [6.45, 7) is 2.56. The molecular weight excluding hydrogens is 510 g/mol. The molecule has 0 bridgehead atoms. The molecule has 1 atom stereocenters. The number of likely N-dealkylation sites (tertiary alicyclic amines) is 1. The third-order valence-corrected chi connectivity index (χ3v) is 9.66. The number of amides is 1. The number of nitrogens with one attached hydrogen (secondary N) is 1. The van der Waals surface area contributed by atoms with Crippen LogP contribution in [0.5, 0.6) is 11.5 Å². The number of sulfone groups is 1. The molecule has 1 aromatic heterocycles. The third kappa shape index (κ3) is 4.73. The quantitative estimate of drug-likeness (QED) is 0.465. The molecule has 0 radical (unpaired) electrons. The molecule has 2 aromatic carbocycles. The number of hydrogen-bond acceptors (Lipinski definition) is 8. The topological polar surface area (TPSA) is 97.8 Å². The SMILES string of the molecule is CS(=O)(=O)c1ccc(C(c2cnc(CNC(=O)C3(c4ccc5c(c4)OCO5)CC3)s2)N2CCCC2)cc1. The highest BCUT2D eigenvalue weighted by Crippen LogP contribution is 2.50. The zero-order chi connectivity index (χ0) is 25.6. The highest BCUT2D eigenvalue weighted by atomic mass is 32.2. The summed E-state index contributed by atoms with van der Waals surface area (Å²) in [4.78, 5) is 21.7. The number of hydrogen-bond donors (Lipinski definition) is 1. The van der Waals surface area contributed by atoms with Gasteiger partial charge in [-0.15, -0.1) is 11.3 Å². The van der Waals surface area contributed by atoms with Gasteiger partial charge in [-0.3, -0.25) is 9.69 Å². The molecule has 1 aliphatic carbocycles. The van der Waals surface area contributed by atoms with Crippen LogP contribution in [0.4, 0.5) is 0 Å². The van der Waals surface area contributed by atoms with E-state index in [2.05, 4.69) is 15.2 Å². The summed E-state index contributed by atoms with van der Waals surface area (Å²) in [5, 5.41) is 3.96. The molecule has 2 aliphatic heterocycles. The van der Waals surface area contributed by atoms with Crippen molar-refractivity contribution in [3.63, 3.8) is 0 Å². The fourth-order valence-corrected chi connectivity index (χ4v) is 6.93. The Labute approximate surface area is 220 Å². The highest BCUT2D eigenvalue weighted by Gasteiger charge is 2.51. The molecule has 0 spiro atoms. The molecule has 1 N–H and O–H groups in total. The highest BCUT2D eigenvalue weighted by molar-refractivity contribution is 7.90. The van der Waals surface area contributed by atoms with Crippen molar-refractivity contribution in [2.45, 2.75) is 48.6 Å². The standard InChI is InChI=1S/C27H29N3O5S2/c1-37(32,33)20-7-4-18(5-8-20)25(30-12-2-3-13-30)23-15-28-24(36-23)16-29-26(31)27(10-11-27)19-6-9-21-22(14-19)35-17-34-21/h4-9,14-15,25H,2-3,10-13,16-17H2,1H3,(H,29,31). The van der Waals surface area contributed by atoms with E-state index in [1.165, 1.54) is 6.26 Å². The molecule has 194 valence electrons. The second-order valence-electron chi connectivity index (χ2n) is 9.98. The fraction of sp³-hybridized carbons (Fsp3) is 0.407. The van der Waals surface area contributed by atoms with Gasteiger partial charge in [0.05, 0.1) is 22.9 Å². The lowest BCUT2D eigenvalue weighted by atomic mass is 9.94. The lowest BCUT2D eigenvalue weighted by Gasteiger charge is -2.27. The number of aromatic nitrogens is 1. The predicted octanol–water partition coefficient (Wildman–Crippen LogP) is 3.81. The Hall–Kier alpha value is -2.95. The first kappa shape index (κ1) is 24.4. The monoisotopic (exact) mass is 539 g/mol. The smallest absolute Gasteiger partial charge is 0.231 e. The number of ether oxygens (including phenoxy) is 2. The van der Waals surface area contributed by atoms with E-state index < -0.39 is 15.3 Å². The second-order valence-corrected chi connectivity index (χ2v) is 13.1. The van der Waals surface area contributed by atoms with Crippen LogP contribution in [0.25, 0.3) is 0 Å². The van der Waals surface area contributed by atoms with Crippen LogP contribution < -0.4 is 14.8 Å². The average Bonchev–Trinajstić information content (AvgIpc) is 3.26. The van der Waals surface area contributed by atoms with Gasteiger partial charge < -0.3 is 14.8 Å². The molecular formula is C27H29N3O5S2. The van der Waals surface area contributed by atoms with Gasteiger partial charge in [0, 0.05) is 17.3 Å². The summed E-state index contributed by atoms with van der Waals surface area (Å²) in [6, 6.07) is 12.9. The molecule has 1 unspecified atom stereocenters. The number of thiazole rings is 1. The van der Waals surface area contributed by atoms with Gasteiger partial charge in [0.2, 0.25) is 12.7 Å². The first-order valence-electron chi connectivity index (χ1n) is 12.5. The molecule has 1 saturated carbocycles. The van der Waals surface area contributed by atoms with Gasteiger partial charge in [-0.2, -0.15) is 0 Å². The van der Waals surface area contributed by atoms with Crippen LogP contribution in [0.1, 0.15) is 52.7 Å². The Kier molecular flexibility index (Phi) is 6.21. The normalized spacial score (nSPS) is 19.1. The number of carbonyl (C=O) groups excluding carboxylic acids is 1. The molecule has 6 rings (SSSR count). The second kappa shape index (κ2) is 9.41. The van der Waals surface area contributed by atoms with Gasteiger partial charge in [-0.25, -0.2) is 13.4 Å². The van der Waals surface area contributed by atoms with Crippen LogP contribution in [0.2, 0.25) is 0 Å². The van der Waals surface area contributed by atoms with E-state index in [-0.39, 0.29) is 18.7 Å². The van der Waals surface area contributed by atoms with E-state index in [0.29, 0.717) is 22.9 Å². The maximum atomic E-state index is 13.2. The first-order chi connectivity index (χ1) is 17.8. The van der Waals surface area contributed by atoms with E-state index in [9.17, 15) is 13.2 Å². The summed E-state index contributed by atoms with van der Waals surface area (Å²) >= 11 is 1.60. The number of fused-ring (bicyclic) bond motifs is 1. The van der Waals surface area contributed by atoms with Gasteiger partial charge >= 0.3 is 0 Å². The minimum Gasteiger partial charge on any atom is -0.454 e. The fourth-order valence-electron chi connectivity index (χ4n) is 5.28. The van der Waals surface area contributed by atoms with E-state index in [4.69, 9.17) is 9.47 Å². The summed E-state index contributed by atoms with van der Waals surface area (Å²) in [5.74, 6) is 1.42. The van der Waals surface area contributed by atoms with Crippen LogP contribution >= 0.6 is 11.3 Å². The molecule has 8 nitrogen and oxygen atoms in total. The van der Waals surface area contributed by atoms with E-state index >= 15 is 0 Å². The lowest BCUT2D eigenvalue weighted by Crippen LogP contribution is -2.34. The van der Waals surface area contributed by atoms with Gasteiger partial charge in [0.25, 0.3) is 0 Å². The van der Waals surface area contributed by atoms with Crippen molar-refractivity contribution in [1.82, 2.24) is 15.2 Å². The van der Waals surface area contributed by atoms with Crippen molar-refractivity contribution in [2.24, 2.45) is 0 Å². The van der Waals surface area contributed by atoms with Crippen molar-refractivity contribution < 1.29 is 22.7 Å². The van der Waals surface area contributed by atoms with Crippen molar-refractivity contribution in [3.05, 3.63) is 69.7 Å². The molecule has 1 amide bonds. The maximum Gasteiger partial charge on any atom is 0.231 e. The zero-order valence-electron chi connectivity index (χ0n) is 20.6. The van der Waals surface area contributed by atoms with E-state index in [1.807, 2.05) is 36.5 Å². The maximum absolute atomic E-state index is 13.2. The minimum absolute atomic E-state index is 0.00979. The summed E-state index contributed by atoms with van der Waals surface area (Å²) in [7, 11) is -3.25. The van der Waals surface area contributed by atoms with Gasteiger partial charge in [-0.05, 0) is 74.2 Å². The van der Waals surface area contributed by atoms with Crippen LogP contribution in [-0.2, 0) is 26.6 Å². The van der Waals surface area contributed by atoms with Crippen LogP contribution in [0.3, 0.4) is 0 Å². The van der Waals surface area contributed by atoms with Crippen molar-refractivity contribution in [2.75, 3.05) is 26.1 Å². The summed E-state index contributed by atoms with van der Waals surface area (Å²) in [5.41, 5.74) is 1.49. The van der Waals surface area contributed by atoms with Crippen molar-refractivity contribution in [1.29, 1.82) is 0 Å². The van der Waals surface area contributed by atoms with Gasteiger partial charge in [0.1, 0.15) is 5.01 Å². The Balaban J connectivity index is 1.17. The molecule has 3 heterocycles. The van der Waals surface area contributed by atoms with Crippen LogP contribution in [-0.4, -0.2) is 50.3 Å². The molecule has 37 heavy (non-hydrogen) atoms. The number of benzene rings is 2. The Bertz CT molecular complexity index is 1420. The molecule has 2 fully saturated rings. The predicted molar refractivity (Wildman–Crippen MR) is 140 cm³/mol. The number of carbonyl (C=O) groups is 1. The Morgan fingerprint density at radius 2 is 1.84 bits per heavy atom. The third-order valence-electron chi connectivity index (χ3n) is 7.48. The summed E-state index contributed by atoms with van der Waals surface area (Å²) in [6.07, 6.45) is 7.01. The van der Waals surface area contributed by atoms with E-state index in [0.717, 1.165) is 59.8 Å². The largest absolute Gasteiger partial charge is 0.454 e. The molecule has 1 saturated heterocycles. The Morgan fingerprint density at radius 1 is 1.11 bits per heavy atom. The molecule has 3 aliphatic rings. The van der Waals surface area contributed by atoms with Crippen LogP contribution in [0.15, 0.2) is 53.6 Å². The first-order valence-corrected chi connectivity index (χ1v) is 15.2. The van der Waals surface area contributed by atoms with Crippen LogP contribution in [0, 0.1) is 0 Å². The zero-order valence-corrected chi connectivity index (χ0v) is 22.2. The summed E-state index contributed by atoms with van der Waals surface area (Å²) < 4.78 is 34.7. The van der Waals surface area contributed by atoms with Crippen molar-refractivity contribution in [3.8, 4) is 11.5 Å². The average molecular weight is 540 g/mol. The van der Waals surface area contributed by atoms with Gasteiger partial charge in [-0.1, -0.05) is 18.2 Å². The molecule has 10 heteroatoms. The number of rotatable bonds is 8. The van der Waals surface area contributed by atoms with E-state index in [1.54, 1.807) is 23.5 Å². The van der Waals surface area contributed by atoms with Gasteiger partial charge in [0.15, 0.2) is 21.3 Å². The lowest BCUT2D eigenvalue weighted by molar-refractivity contribution is -0.123. The number of nitrogens with zero attached hydrogens (tertiary/aromatic N) is 2. The molecule has 3 aromatic rings. The Morgan fingerprint density at radius 3 is 2.54 bits per heavy atom.